The van der Waals surface area contributed by atoms with E-state index in [1.807, 2.05) is 51.1 Å². The molecule has 2 aromatic carbocycles. The summed E-state index contributed by atoms with van der Waals surface area (Å²) in [5.41, 5.74) is 8.23. The molecule has 44 heavy (non-hydrogen) atoms. The maximum absolute atomic E-state index is 12.8. The fourth-order valence-corrected chi connectivity index (χ4v) is 6.83. The third kappa shape index (κ3) is 7.60. The summed E-state index contributed by atoms with van der Waals surface area (Å²) in [7, 11) is -3.83. The summed E-state index contributed by atoms with van der Waals surface area (Å²) in [5, 5.41) is 13.0. The van der Waals surface area contributed by atoms with Crippen LogP contribution in [-0.4, -0.2) is 59.3 Å². The van der Waals surface area contributed by atoms with Crippen LogP contribution in [0.4, 0.5) is 21.1 Å². The largest absolute Gasteiger partial charge is 0.465 e. The molecular weight excluding hydrogens is 582 g/mol. The number of nitrogens with one attached hydrogen (secondary N) is 2. The van der Waals surface area contributed by atoms with Crippen molar-refractivity contribution in [3.8, 4) is 11.1 Å². The number of alkyl carbamates (subject to hydrolysis) is 1. The van der Waals surface area contributed by atoms with E-state index in [0.717, 1.165) is 23.1 Å². The van der Waals surface area contributed by atoms with E-state index in [1.165, 1.54) is 18.3 Å². The van der Waals surface area contributed by atoms with E-state index >= 15 is 0 Å². The summed E-state index contributed by atoms with van der Waals surface area (Å²) in [6.07, 6.45) is 3.40. The van der Waals surface area contributed by atoms with E-state index in [-0.39, 0.29) is 34.8 Å². The Bertz CT molecular complexity index is 1600. The molecule has 5 rings (SSSR count). The molecule has 0 radical (unpaired) electrons. The highest BCUT2D eigenvalue weighted by Gasteiger charge is 2.48. The first kappa shape index (κ1) is 31.1. The molecule has 2 aliphatic carbocycles. The molecule has 2 saturated carbocycles. The number of anilines is 2. The number of sulfonamides is 1. The van der Waals surface area contributed by atoms with Gasteiger partial charge in [0.2, 0.25) is 0 Å². The van der Waals surface area contributed by atoms with Crippen molar-refractivity contribution < 1.29 is 27.9 Å². The average molecular weight is 622 g/mol. The molecule has 2 atom stereocenters. The molecule has 2 amide bonds. The van der Waals surface area contributed by atoms with Crippen LogP contribution in [0.15, 0.2) is 71.8 Å². The number of benzene rings is 2. The fourth-order valence-electron chi connectivity index (χ4n) is 5.84. The number of carbonyl (C=O) groups excluding carboxylic acids is 1. The summed E-state index contributed by atoms with van der Waals surface area (Å²) < 4.78 is 33.5. The quantitative estimate of drug-likeness (QED) is 0.245. The predicted molar refractivity (Wildman–Crippen MR) is 168 cm³/mol. The minimum absolute atomic E-state index is 0.0151. The molecule has 234 valence electrons. The molecule has 11 nitrogen and oxygen atoms in total. The number of rotatable bonds is 8. The third-order valence-corrected chi connectivity index (χ3v) is 9.37. The van der Waals surface area contributed by atoms with Crippen LogP contribution in [0.25, 0.3) is 11.1 Å². The normalized spacial score (nSPS) is 21.6. The van der Waals surface area contributed by atoms with E-state index in [4.69, 9.17) is 10.5 Å². The molecular formula is C32H39N5O6S. The highest BCUT2D eigenvalue weighted by atomic mass is 32.2. The van der Waals surface area contributed by atoms with Gasteiger partial charge in [0.05, 0.1) is 0 Å². The zero-order valence-corrected chi connectivity index (χ0v) is 25.9. The number of hydrogen-bond donors (Lipinski definition) is 4. The van der Waals surface area contributed by atoms with Crippen LogP contribution in [-0.2, 0) is 14.8 Å². The first-order valence-corrected chi connectivity index (χ1v) is 16.2. The van der Waals surface area contributed by atoms with Crippen molar-refractivity contribution in [1.29, 1.82) is 0 Å². The number of nitrogens with zero attached hydrogens (tertiary/aromatic N) is 2. The van der Waals surface area contributed by atoms with Gasteiger partial charge in [-0.25, -0.2) is 23.0 Å². The topological polar surface area (TPSA) is 164 Å². The molecule has 2 fully saturated rings. The second-order valence-electron chi connectivity index (χ2n) is 12.5. The lowest BCUT2D eigenvalue weighted by atomic mass is 9.90. The van der Waals surface area contributed by atoms with Gasteiger partial charge in [0.25, 0.3) is 10.0 Å². The van der Waals surface area contributed by atoms with Crippen LogP contribution in [0, 0.1) is 0 Å². The lowest BCUT2D eigenvalue weighted by Crippen LogP contribution is -2.47. The first-order chi connectivity index (χ1) is 20.8. The van der Waals surface area contributed by atoms with Gasteiger partial charge >= 0.3 is 12.2 Å². The number of carboxylic acid groups (broad SMARTS) is 1. The van der Waals surface area contributed by atoms with Gasteiger partial charge in [0.15, 0.2) is 0 Å². The highest BCUT2D eigenvalue weighted by Crippen LogP contribution is 2.47. The molecule has 1 aromatic heterocycles. The highest BCUT2D eigenvalue weighted by molar-refractivity contribution is 7.92. The van der Waals surface area contributed by atoms with E-state index in [2.05, 4.69) is 15.0 Å². The van der Waals surface area contributed by atoms with E-state index < -0.39 is 27.8 Å². The summed E-state index contributed by atoms with van der Waals surface area (Å²) >= 11 is 0. The molecule has 2 aliphatic rings. The average Bonchev–Trinajstić information content (AvgIpc) is 3.73. The summed E-state index contributed by atoms with van der Waals surface area (Å²) in [6.45, 7) is 5.46. The van der Waals surface area contributed by atoms with E-state index in [1.54, 1.807) is 23.1 Å². The number of hydrogen-bond acceptors (Lipinski definition) is 7. The number of aromatic nitrogens is 1. The van der Waals surface area contributed by atoms with Crippen molar-refractivity contribution in [2.24, 2.45) is 0 Å². The van der Waals surface area contributed by atoms with Crippen molar-refractivity contribution in [2.45, 2.75) is 87.4 Å². The Balaban J connectivity index is 1.19. The number of amides is 2. The van der Waals surface area contributed by atoms with Crippen LogP contribution in [0.2, 0.25) is 0 Å². The van der Waals surface area contributed by atoms with Gasteiger partial charge in [-0.15, -0.1) is 0 Å². The molecule has 1 heterocycles. The second-order valence-corrected chi connectivity index (χ2v) is 14.2. The number of carbonyl (C=O) groups is 2. The van der Waals surface area contributed by atoms with Gasteiger partial charge in [0, 0.05) is 35.9 Å². The van der Waals surface area contributed by atoms with E-state index in [9.17, 15) is 23.1 Å². The third-order valence-electron chi connectivity index (χ3n) is 8.00. The van der Waals surface area contributed by atoms with Crippen molar-refractivity contribution in [1.82, 2.24) is 15.2 Å². The monoisotopic (exact) mass is 621 g/mol. The lowest BCUT2D eigenvalue weighted by molar-refractivity contribution is 0.0471. The molecule has 0 bridgehead atoms. The zero-order valence-electron chi connectivity index (χ0n) is 25.1. The molecule has 3 aromatic rings. The summed E-state index contributed by atoms with van der Waals surface area (Å²) in [6, 6.07) is 17.7. The van der Waals surface area contributed by atoms with E-state index in [0.29, 0.717) is 31.4 Å². The van der Waals surface area contributed by atoms with Crippen molar-refractivity contribution in [3.63, 3.8) is 0 Å². The molecule has 0 saturated heterocycles. The zero-order chi connectivity index (χ0) is 31.6. The Morgan fingerprint density at radius 1 is 1.00 bits per heavy atom. The van der Waals surface area contributed by atoms with Gasteiger partial charge in [-0.2, -0.15) is 0 Å². The molecule has 0 aliphatic heterocycles. The van der Waals surface area contributed by atoms with Gasteiger partial charge in [-0.1, -0.05) is 36.4 Å². The Kier molecular flexibility index (Phi) is 8.73. The fraction of sp³-hybridized carbons (Fsp3) is 0.406. The Morgan fingerprint density at radius 2 is 1.70 bits per heavy atom. The van der Waals surface area contributed by atoms with Crippen LogP contribution >= 0.6 is 0 Å². The summed E-state index contributed by atoms with van der Waals surface area (Å²) in [4.78, 5) is 30.0. The molecule has 0 unspecified atom stereocenters. The predicted octanol–water partition coefficient (Wildman–Crippen LogP) is 5.80. The van der Waals surface area contributed by atoms with Crippen molar-refractivity contribution in [2.75, 3.05) is 10.5 Å². The summed E-state index contributed by atoms with van der Waals surface area (Å²) in [5.74, 6) is 0.351. The van der Waals surface area contributed by atoms with Crippen LogP contribution in [0.3, 0.4) is 0 Å². The van der Waals surface area contributed by atoms with Crippen LogP contribution in [0.5, 0.6) is 0 Å². The minimum atomic E-state index is -3.83. The number of nitrogens with two attached hydrogens (primary N) is 1. The lowest BCUT2D eigenvalue weighted by Gasteiger charge is -2.36. The maximum Gasteiger partial charge on any atom is 0.407 e. The van der Waals surface area contributed by atoms with Gasteiger partial charge in [-0.3, -0.25) is 4.72 Å². The Labute approximate surface area is 257 Å². The minimum Gasteiger partial charge on any atom is -0.465 e. The van der Waals surface area contributed by atoms with Crippen LogP contribution in [0.1, 0.15) is 64.4 Å². The molecule has 0 spiro atoms. The van der Waals surface area contributed by atoms with Crippen molar-refractivity contribution in [3.05, 3.63) is 72.4 Å². The van der Waals surface area contributed by atoms with Crippen molar-refractivity contribution >= 4 is 33.7 Å². The smallest absolute Gasteiger partial charge is 0.407 e. The SMILES string of the molecule is CC(C)(C)OC(=O)NC1CCC(N(C(=O)O)[C@@H]2C[C@H]2c2ccc(-c3cccc(NS(=O)(=O)c4ccc(N)nc4)c3)cc2)CC1. The Hall–Kier alpha value is -4.32. The Morgan fingerprint density at radius 3 is 2.32 bits per heavy atom. The molecule has 5 N–H and O–H groups in total. The standard InChI is InChI=1S/C32H39N5O6S/c1-32(2,3)43-30(38)35-23-11-13-25(14-12-23)37(31(39)40)28-18-27(28)21-9-7-20(8-10-21)22-5-4-6-24(17-22)36-44(41,42)26-15-16-29(33)34-19-26/h4-10,15-17,19,23,25,27-28,36H,11-14,18H2,1-3H3,(H2,33,34)(H,35,38)(H,39,40)/t23?,25?,27-,28+/m0/s1. The number of nitrogen functional groups attached to an aromatic ring is 1. The second kappa shape index (κ2) is 12.4. The molecule has 12 heteroatoms. The van der Waals surface area contributed by atoms with Gasteiger partial charge in [-0.05, 0) is 93.8 Å². The number of ether oxygens (including phenoxy) is 1. The number of pyridine rings is 1. The van der Waals surface area contributed by atoms with Gasteiger partial charge in [0.1, 0.15) is 16.3 Å². The van der Waals surface area contributed by atoms with Crippen LogP contribution < -0.4 is 15.8 Å². The van der Waals surface area contributed by atoms with Gasteiger partial charge < -0.3 is 25.8 Å². The first-order valence-electron chi connectivity index (χ1n) is 14.7. The maximum atomic E-state index is 12.8.